The first-order valence-electron chi connectivity index (χ1n) is 6.19. The topological polar surface area (TPSA) is 67.2 Å². The molecule has 0 radical (unpaired) electrons. The molecule has 4 heteroatoms. The van der Waals surface area contributed by atoms with Gasteiger partial charge < -0.3 is 4.74 Å². The van der Waals surface area contributed by atoms with Crippen molar-refractivity contribution in [1.82, 2.24) is 0 Å². The Labute approximate surface area is 121 Å². The molecule has 0 saturated carbocycles. The van der Waals surface area contributed by atoms with Crippen LogP contribution < -0.4 is 4.74 Å². The normalized spacial score (nSPS) is 10.0. The Balaban J connectivity index is 2.29. The zero-order chi connectivity index (χ0) is 15.1. The molecule has 0 atom stereocenters. The van der Waals surface area contributed by atoms with E-state index in [2.05, 4.69) is 0 Å². The van der Waals surface area contributed by atoms with Gasteiger partial charge in [0.2, 0.25) is 0 Å². The van der Waals surface area contributed by atoms with Crippen molar-refractivity contribution in [2.75, 3.05) is 0 Å². The predicted octanol–water partition coefficient (Wildman–Crippen LogP) is 2.90. The van der Waals surface area contributed by atoms with E-state index in [-0.39, 0.29) is 11.5 Å². The SMILES string of the molecule is N#CC=CC(=O)Oc1ccccc1C(=O)c1ccccc1. The van der Waals surface area contributed by atoms with Crippen LogP contribution in [0.2, 0.25) is 0 Å². The maximum absolute atomic E-state index is 12.4. The van der Waals surface area contributed by atoms with Crippen LogP contribution in [-0.4, -0.2) is 11.8 Å². The molecule has 4 nitrogen and oxygen atoms in total. The summed E-state index contributed by atoms with van der Waals surface area (Å²) in [5.41, 5.74) is 0.802. The number of nitriles is 1. The molecule has 21 heavy (non-hydrogen) atoms. The highest BCUT2D eigenvalue weighted by atomic mass is 16.5. The Bertz CT molecular complexity index is 727. The lowest BCUT2D eigenvalue weighted by molar-refractivity contribution is -0.129. The second-order valence-corrected chi connectivity index (χ2v) is 4.07. The second kappa shape index (κ2) is 6.83. The fourth-order valence-electron chi connectivity index (χ4n) is 1.74. The molecule has 0 fully saturated rings. The van der Waals surface area contributed by atoms with Gasteiger partial charge in [-0.25, -0.2) is 4.79 Å². The van der Waals surface area contributed by atoms with E-state index in [1.165, 1.54) is 6.07 Å². The first-order chi connectivity index (χ1) is 10.2. The number of ether oxygens (including phenoxy) is 1. The summed E-state index contributed by atoms with van der Waals surface area (Å²) in [5.74, 6) is -0.771. The van der Waals surface area contributed by atoms with E-state index < -0.39 is 5.97 Å². The molecule has 0 unspecified atom stereocenters. The van der Waals surface area contributed by atoms with E-state index in [4.69, 9.17) is 10.00 Å². The second-order valence-electron chi connectivity index (χ2n) is 4.07. The molecular weight excluding hydrogens is 266 g/mol. The minimum Gasteiger partial charge on any atom is -0.423 e. The van der Waals surface area contributed by atoms with Crippen molar-refractivity contribution in [3.8, 4) is 11.8 Å². The van der Waals surface area contributed by atoms with Crippen LogP contribution >= 0.6 is 0 Å². The summed E-state index contributed by atoms with van der Waals surface area (Å²) in [6, 6.07) is 16.9. The Morgan fingerprint density at radius 3 is 2.38 bits per heavy atom. The molecule has 0 aromatic heterocycles. The van der Waals surface area contributed by atoms with Crippen molar-refractivity contribution in [1.29, 1.82) is 5.26 Å². The molecule has 0 bridgehead atoms. The van der Waals surface area contributed by atoms with E-state index >= 15 is 0 Å². The molecule has 0 aliphatic heterocycles. The van der Waals surface area contributed by atoms with E-state index in [9.17, 15) is 9.59 Å². The number of carbonyl (C=O) groups is 2. The molecule has 2 rings (SSSR count). The van der Waals surface area contributed by atoms with Gasteiger partial charge in [-0.2, -0.15) is 5.26 Å². The van der Waals surface area contributed by atoms with Crippen molar-refractivity contribution in [2.24, 2.45) is 0 Å². The van der Waals surface area contributed by atoms with Gasteiger partial charge in [-0.05, 0) is 12.1 Å². The first-order valence-corrected chi connectivity index (χ1v) is 6.19. The summed E-state index contributed by atoms with van der Waals surface area (Å²) >= 11 is 0. The van der Waals surface area contributed by atoms with Crippen molar-refractivity contribution >= 4 is 11.8 Å². The lowest BCUT2D eigenvalue weighted by Crippen LogP contribution is -2.09. The summed E-state index contributed by atoms with van der Waals surface area (Å²) in [4.78, 5) is 23.9. The van der Waals surface area contributed by atoms with Crippen molar-refractivity contribution in [3.05, 3.63) is 77.9 Å². The van der Waals surface area contributed by atoms with Crippen LogP contribution in [0.5, 0.6) is 5.75 Å². The van der Waals surface area contributed by atoms with E-state index in [1.54, 1.807) is 48.5 Å². The lowest BCUT2D eigenvalue weighted by atomic mass is 10.0. The molecule has 102 valence electrons. The van der Waals surface area contributed by atoms with Crippen LogP contribution in [0.3, 0.4) is 0 Å². The summed E-state index contributed by atoms with van der Waals surface area (Å²) in [6.07, 6.45) is 2.02. The van der Waals surface area contributed by atoms with E-state index in [0.29, 0.717) is 11.1 Å². The number of hydrogen-bond donors (Lipinski definition) is 0. The lowest BCUT2D eigenvalue weighted by Gasteiger charge is -2.07. The molecule has 2 aromatic carbocycles. The average molecular weight is 277 g/mol. The van der Waals surface area contributed by atoms with Gasteiger partial charge >= 0.3 is 5.97 Å². The van der Waals surface area contributed by atoms with Gasteiger partial charge in [-0.1, -0.05) is 42.5 Å². The summed E-state index contributed by atoms with van der Waals surface area (Å²) in [7, 11) is 0. The number of carbonyl (C=O) groups excluding carboxylic acids is 2. The van der Waals surface area contributed by atoms with Crippen LogP contribution in [0, 0.1) is 11.3 Å². The van der Waals surface area contributed by atoms with E-state index in [0.717, 1.165) is 12.2 Å². The zero-order valence-electron chi connectivity index (χ0n) is 11.0. The molecule has 0 aliphatic carbocycles. The summed E-state index contributed by atoms with van der Waals surface area (Å²) in [5, 5.41) is 8.37. The number of nitrogens with zero attached hydrogens (tertiary/aromatic N) is 1. The number of benzene rings is 2. The number of esters is 1. The Hall–Kier alpha value is -3.19. The molecule has 0 aliphatic rings. The van der Waals surface area contributed by atoms with Gasteiger partial charge in [0.15, 0.2) is 5.78 Å². The molecule has 0 amide bonds. The highest BCUT2D eigenvalue weighted by Gasteiger charge is 2.15. The third-order valence-electron chi connectivity index (χ3n) is 2.67. The molecule has 2 aromatic rings. The number of rotatable bonds is 4. The van der Waals surface area contributed by atoms with Crippen LogP contribution in [0.25, 0.3) is 0 Å². The maximum atomic E-state index is 12.4. The smallest absolute Gasteiger partial charge is 0.336 e. The predicted molar refractivity (Wildman–Crippen MR) is 76.7 cm³/mol. The monoisotopic (exact) mass is 277 g/mol. The highest BCUT2D eigenvalue weighted by molar-refractivity contribution is 6.11. The van der Waals surface area contributed by atoms with Crippen LogP contribution in [0.15, 0.2) is 66.7 Å². The number of ketones is 1. The molecule has 0 saturated heterocycles. The summed E-state index contributed by atoms with van der Waals surface area (Å²) < 4.78 is 5.09. The van der Waals surface area contributed by atoms with Gasteiger partial charge in [-0.3, -0.25) is 4.79 Å². The molecular formula is C17H11NO3. The maximum Gasteiger partial charge on any atom is 0.336 e. The Morgan fingerprint density at radius 1 is 1.00 bits per heavy atom. The van der Waals surface area contributed by atoms with Crippen molar-refractivity contribution in [3.63, 3.8) is 0 Å². The zero-order valence-corrected chi connectivity index (χ0v) is 11.0. The minimum absolute atomic E-state index is 0.166. The van der Waals surface area contributed by atoms with Crippen LogP contribution in [0.1, 0.15) is 15.9 Å². The van der Waals surface area contributed by atoms with Gasteiger partial charge in [0.1, 0.15) is 5.75 Å². The average Bonchev–Trinajstić information content (AvgIpc) is 2.53. The van der Waals surface area contributed by atoms with Gasteiger partial charge in [-0.15, -0.1) is 0 Å². The fraction of sp³-hybridized carbons (Fsp3) is 0. The van der Waals surface area contributed by atoms with Crippen LogP contribution in [-0.2, 0) is 4.79 Å². The molecule has 0 spiro atoms. The van der Waals surface area contributed by atoms with Gasteiger partial charge in [0.05, 0.1) is 11.6 Å². The fourth-order valence-corrected chi connectivity index (χ4v) is 1.74. The molecule has 0 N–H and O–H groups in total. The standard InChI is InChI=1S/C17H11NO3/c18-12-6-11-16(19)21-15-10-5-4-9-14(15)17(20)13-7-2-1-3-8-13/h1-11H. The minimum atomic E-state index is -0.704. The number of para-hydroxylation sites is 1. The van der Waals surface area contributed by atoms with E-state index in [1.807, 2.05) is 6.07 Å². The van der Waals surface area contributed by atoms with Crippen molar-refractivity contribution in [2.45, 2.75) is 0 Å². The largest absolute Gasteiger partial charge is 0.423 e. The Morgan fingerprint density at radius 2 is 1.67 bits per heavy atom. The van der Waals surface area contributed by atoms with Gasteiger partial charge in [0, 0.05) is 17.7 Å². The first kappa shape index (κ1) is 14.2. The van der Waals surface area contributed by atoms with Gasteiger partial charge in [0.25, 0.3) is 0 Å². The highest BCUT2D eigenvalue weighted by Crippen LogP contribution is 2.21. The molecule has 0 heterocycles. The quantitative estimate of drug-likeness (QED) is 0.283. The third kappa shape index (κ3) is 3.64. The van der Waals surface area contributed by atoms with Crippen molar-refractivity contribution < 1.29 is 14.3 Å². The third-order valence-corrected chi connectivity index (χ3v) is 2.67. The number of hydrogen-bond acceptors (Lipinski definition) is 4. The number of allylic oxidation sites excluding steroid dienone is 1. The Kier molecular flexibility index (Phi) is 4.62. The summed E-state index contributed by atoms with van der Waals surface area (Å²) in [6.45, 7) is 0. The van der Waals surface area contributed by atoms with Crippen LogP contribution in [0.4, 0.5) is 0 Å².